The second-order valence-electron chi connectivity index (χ2n) is 3.56. The lowest BCUT2D eigenvalue weighted by Gasteiger charge is -2.10. The van der Waals surface area contributed by atoms with Crippen molar-refractivity contribution in [2.75, 3.05) is 12.9 Å². The van der Waals surface area contributed by atoms with E-state index >= 15 is 0 Å². The number of primary sulfonamides is 1. The van der Waals surface area contributed by atoms with Gasteiger partial charge in [0.2, 0.25) is 10.0 Å². The Hall–Kier alpha value is -0.620. The average Bonchev–Trinajstić information content (AvgIpc) is 2.65. The molecule has 5 nitrogen and oxygen atoms in total. The van der Waals surface area contributed by atoms with Crippen molar-refractivity contribution in [3.8, 4) is 0 Å². The van der Waals surface area contributed by atoms with Gasteiger partial charge in [0.05, 0.1) is 19.3 Å². The van der Waals surface area contributed by atoms with E-state index in [4.69, 9.17) is 5.14 Å². The number of ether oxygens (including phenoxy) is 1. The highest BCUT2D eigenvalue weighted by molar-refractivity contribution is 7.89. The van der Waals surface area contributed by atoms with E-state index in [1.807, 2.05) is 0 Å². The number of sulfonamides is 1. The molecular formula is C7H13NO4S. The minimum absolute atomic E-state index is 0.116. The third kappa shape index (κ3) is 3.31. The van der Waals surface area contributed by atoms with Gasteiger partial charge in [-0.3, -0.25) is 4.79 Å². The summed E-state index contributed by atoms with van der Waals surface area (Å²) in [5, 5.41) is 4.90. The standard InChI is InChI=1S/C7H13NO4S/c1-12-6(9)4-7(2-3-7)5-13(8,10)11/h2-5H2,1H3,(H2,8,10,11). The zero-order valence-corrected chi connectivity index (χ0v) is 8.26. The topological polar surface area (TPSA) is 86.5 Å². The predicted octanol–water partition coefficient (Wildman–Crippen LogP) is -0.382. The van der Waals surface area contributed by atoms with E-state index < -0.39 is 15.4 Å². The summed E-state index contributed by atoms with van der Waals surface area (Å²) in [4.78, 5) is 10.9. The van der Waals surface area contributed by atoms with Crippen LogP contribution in [0.1, 0.15) is 19.3 Å². The van der Waals surface area contributed by atoms with Gasteiger partial charge in [-0.05, 0) is 18.3 Å². The first-order valence-corrected chi connectivity index (χ1v) is 5.66. The van der Waals surface area contributed by atoms with Gasteiger partial charge in [0, 0.05) is 0 Å². The van der Waals surface area contributed by atoms with Crippen molar-refractivity contribution in [2.45, 2.75) is 19.3 Å². The molecule has 0 heterocycles. The van der Waals surface area contributed by atoms with Gasteiger partial charge in [-0.1, -0.05) is 0 Å². The van der Waals surface area contributed by atoms with Crippen LogP contribution in [0.4, 0.5) is 0 Å². The fraction of sp³-hybridized carbons (Fsp3) is 0.857. The number of rotatable bonds is 4. The fourth-order valence-electron chi connectivity index (χ4n) is 1.35. The van der Waals surface area contributed by atoms with Gasteiger partial charge in [0.25, 0.3) is 0 Å². The minimum Gasteiger partial charge on any atom is -0.469 e. The molecule has 0 aromatic heterocycles. The Kier molecular flexibility index (Phi) is 2.63. The molecule has 0 saturated heterocycles. The number of methoxy groups -OCH3 is 1. The molecule has 0 bridgehead atoms. The molecule has 0 aromatic rings. The second-order valence-corrected chi connectivity index (χ2v) is 5.17. The van der Waals surface area contributed by atoms with Crippen LogP contribution in [0.15, 0.2) is 0 Å². The fourth-order valence-corrected chi connectivity index (χ4v) is 2.60. The number of hydrogen-bond acceptors (Lipinski definition) is 4. The first kappa shape index (κ1) is 10.5. The van der Waals surface area contributed by atoms with Crippen molar-refractivity contribution in [1.29, 1.82) is 0 Å². The van der Waals surface area contributed by atoms with Crippen LogP contribution in [0.25, 0.3) is 0 Å². The highest BCUT2D eigenvalue weighted by atomic mass is 32.2. The maximum atomic E-state index is 10.9. The molecular weight excluding hydrogens is 194 g/mol. The number of carbonyl (C=O) groups is 1. The summed E-state index contributed by atoms with van der Waals surface area (Å²) < 4.78 is 26.0. The van der Waals surface area contributed by atoms with Crippen molar-refractivity contribution < 1.29 is 17.9 Å². The lowest BCUT2D eigenvalue weighted by molar-refractivity contribution is -0.141. The molecule has 6 heteroatoms. The molecule has 0 aromatic carbocycles. The van der Waals surface area contributed by atoms with Gasteiger partial charge >= 0.3 is 5.97 Å². The Labute approximate surface area is 77.3 Å². The van der Waals surface area contributed by atoms with Crippen molar-refractivity contribution in [1.82, 2.24) is 0 Å². The smallest absolute Gasteiger partial charge is 0.306 e. The zero-order chi connectivity index (χ0) is 10.1. The zero-order valence-electron chi connectivity index (χ0n) is 7.45. The van der Waals surface area contributed by atoms with E-state index in [1.54, 1.807) is 0 Å². The SMILES string of the molecule is COC(=O)CC1(CS(N)(=O)=O)CC1. The highest BCUT2D eigenvalue weighted by Crippen LogP contribution is 2.49. The summed E-state index contributed by atoms with van der Waals surface area (Å²) >= 11 is 0. The maximum Gasteiger partial charge on any atom is 0.306 e. The van der Waals surface area contributed by atoms with Crippen LogP contribution in [-0.2, 0) is 19.6 Å². The number of carbonyl (C=O) groups excluding carboxylic acids is 1. The van der Waals surface area contributed by atoms with E-state index in [9.17, 15) is 13.2 Å². The normalized spacial score (nSPS) is 19.5. The van der Waals surface area contributed by atoms with E-state index in [-0.39, 0.29) is 18.1 Å². The molecule has 0 unspecified atom stereocenters. The van der Waals surface area contributed by atoms with Crippen molar-refractivity contribution >= 4 is 16.0 Å². The Bertz CT molecular complexity index is 304. The first-order valence-electron chi connectivity index (χ1n) is 3.94. The van der Waals surface area contributed by atoms with Crippen LogP contribution in [0.5, 0.6) is 0 Å². The summed E-state index contributed by atoms with van der Waals surface area (Å²) in [7, 11) is -2.19. The first-order chi connectivity index (χ1) is 5.87. The van der Waals surface area contributed by atoms with Crippen molar-refractivity contribution in [3.63, 3.8) is 0 Å². The molecule has 1 aliphatic rings. The minimum atomic E-state index is -3.48. The third-order valence-electron chi connectivity index (χ3n) is 2.21. The van der Waals surface area contributed by atoms with Crippen molar-refractivity contribution in [2.24, 2.45) is 10.6 Å². The summed E-state index contributed by atoms with van der Waals surface area (Å²) in [5.74, 6) is -0.490. The van der Waals surface area contributed by atoms with Crippen LogP contribution >= 0.6 is 0 Å². The van der Waals surface area contributed by atoms with Crippen LogP contribution in [0.3, 0.4) is 0 Å². The lowest BCUT2D eigenvalue weighted by atomic mass is 10.1. The lowest BCUT2D eigenvalue weighted by Crippen LogP contribution is -2.26. The molecule has 1 saturated carbocycles. The molecule has 0 spiro atoms. The summed E-state index contributed by atoms with van der Waals surface area (Å²) in [6.07, 6.45) is 1.62. The van der Waals surface area contributed by atoms with Crippen molar-refractivity contribution in [3.05, 3.63) is 0 Å². The predicted molar refractivity (Wildman–Crippen MR) is 46.3 cm³/mol. The second kappa shape index (κ2) is 3.26. The Balaban J connectivity index is 2.53. The molecule has 2 N–H and O–H groups in total. The van der Waals surface area contributed by atoms with E-state index in [0.29, 0.717) is 0 Å². The Morgan fingerprint density at radius 3 is 2.38 bits per heavy atom. The van der Waals surface area contributed by atoms with Gasteiger partial charge in [-0.2, -0.15) is 0 Å². The van der Waals surface area contributed by atoms with Gasteiger partial charge in [0.1, 0.15) is 0 Å². The number of nitrogens with two attached hydrogens (primary N) is 1. The quantitative estimate of drug-likeness (QED) is 0.636. The van der Waals surface area contributed by atoms with Crippen LogP contribution in [0, 0.1) is 5.41 Å². The summed E-state index contributed by atoms with van der Waals surface area (Å²) in [6, 6.07) is 0. The van der Waals surface area contributed by atoms with E-state index in [2.05, 4.69) is 4.74 Å². The van der Waals surface area contributed by atoms with Crippen LogP contribution < -0.4 is 5.14 Å². The molecule has 13 heavy (non-hydrogen) atoms. The van der Waals surface area contributed by atoms with Crippen LogP contribution in [0.2, 0.25) is 0 Å². The number of esters is 1. The average molecular weight is 207 g/mol. The monoisotopic (exact) mass is 207 g/mol. The molecule has 0 atom stereocenters. The molecule has 0 amide bonds. The summed E-state index contributed by atoms with van der Waals surface area (Å²) in [6.45, 7) is 0. The van der Waals surface area contributed by atoms with Gasteiger partial charge in [-0.25, -0.2) is 13.6 Å². The highest BCUT2D eigenvalue weighted by Gasteiger charge is 2.47. The Morgan fingerprint density at radius 2 is 2.08 bits per heavy atom. The van der Waals surface area contributed by atoms with Gasteiger partial charge in [0.15, 0.2) is 0 Å². The molecule has 0 aliphatic heterocycles. The Morgan fingerprint density at radius 1 is 1.54 bits per heavy atom. The molecule has 76 valence electrons. The molecule has 1 aliphatic carbocycles. The van der Waals surface area contributed by atoms with Gasteiger partial charge < -0.3 is 4.74 Å². The van der Waals surface area contributed by atoms with Crippen LogP contribution in [-0.4, -0.2) is 27.2 Å². The van der Waals surface area contributed by atoms with Gasteiger partial charge in [-0.15, -0.1) is 0 Å². The molecule has 0 radical (unpaired) electrons. The summed E-state index contributed by atoms with van der Waals surface area (Å²) in [5.41, 5.74) is -0.430. The van der Waals surface area contributed by atoms with E-state index in [0.717, 1.165) is 12.8 Å². The third-order valence-corrected chi connectivity index (χ3v) is 3.23. The largest absolute Gasteiger partial charge is 0.469 e. The van der Waals surface area contributed by atoms with E-state index in [1.165, 1.54) is 7.11 Å². The maximum absolute atomic E-state index is 10.9. The molecule has 1 fully saturated rings. The number of hydrogen-bond donors (Lipinski definition) is 1. The molecule has 1 rings (SSSR count).